The molecule has 1 saturated heterocycles. The smallest absolute Gasteiger partial charge is 0.308 e. The summed E-state index contributed by atoms with van der Waals surface area (Å²) in [6.45, 7) is 11.8. The Balaban J connectivity index is 1.71. The zero-order valence-corrected chi connectivity index (χ0v) is 17.8. The molecule has 0 aromatic heterocycles. The largest absolute Gasteiger partial charge is 0.323 e. The summed E-state index contributed by atoms with van der Waals surface area (Å²) in [4.78, 5) is 14.8. The molecule has 0 radical (unpaired) electrons. The van der Waals surface area contributed by atoms with E-state index in [9.17, 15) is 4.79 Å². The molecule has 144 valence electrons. The van der Waals surface area contributed by atoms with Crippen molar-refractivity contribution < 1.29 is 4.79 Å². The van der Waals surface area contributed by atoms with E-state index >= 15 is 0 Å². The minimum absolute atomic E-state index is 0.0257. The first kappa shape index (κ1) is 19.8. The lowest BCUT2D eigenvalue weighted by Crippen LogP contribution is -2.34. The molecule has 0 saturated carbocycles. The zero-order chi connectivity index (χ0) is 19.6. The number of rotatable bonds is 3. The summed E-state index contributed by atoms with van der Waals surface area (Å²) in [7, 11) is 0. The van der Waals surface area contributed by atoms with Crippen LogP contribution in [0.1, 0.15) is 62.6 Å². The van der Waals surface area contributed by atoms with Gasteiger partial charge in [0.25, 0.3) is 0 Å². The van der Waals surface area contributed by atoms with E-state index < -0.39 is 0 Å². The van der Waals surface area contributed by atoms with E-state index in [4.69, 9.17) is 0 Å². The summed E-state index contributed by atoms with van der Waals surface area (Å²) in [5.74, 6) is 1.45. The first-order valence-electron chi connectivity index (χ1n) is 9.65. The van der Waals surface area contributed by atoms with Crippen LogP contribution in [-0.4, -0.2) is 23.2 Å². The van der Waals surface area contributed by atoms with E-state index in [2.05, 4.69) is 76.3 Å². The molecule has 1 aliphatic heterocycles. The first-order chi connectivity index (χ1) is 12.8. The lowest BCUT2D eigenvalue weighted by Gasteiger charge is -2.25. The average molecular weight is 383 g/mol. The minimum atomic E-state index is -0.0257. The molecule has 1 N–H and O–H groups in total. The summed E-state index contributed by atoms with van der Waals surface area (Å²) in [6, 6.07) is 16.8. The highest BCUT2D eigenvalue weighted by Gasteiger charge is 2.31. The number of benzene rings is 2. The molecule has 1 fully saturated rings. The molecule has 1 heterocycles. The second-order valence-electron chi connectivity index (χ2n) is 8.50. The summed E-state index contributed by atoms with van der Waals surface area (Å²) in [5, 5.41) is 3.14. The van der Waals surface area contributed by atoms with Crippen molar-refractivity contribution in [3.8, 4) is 0 Å². The summed E-state index contributed by atoms with van der Waals surface area (Å²) < 4.78 is 0. The number of nitrogens with one attached hydrogen (secondary N) is 1. The maximum atomic E-state index is 12.8. The fraction of sp³-hybridized carbons (Fsp3) is 0.435. The number of carbonyl (C=O) groups excluding carboxylic acids is 1. The van der Waals surface area contributed by atoms with Gasteiger partial charge in [0.2, 0.25) is 0 Å². The second kappa shape index (κ2) is 7.97. The average Bonchev–Trinajstić information content (AvgIpc) is 3.11. The number of anilines is 1. The molecular formula is C23H30N2OS. The van der Waals surface area contributed by atoms with E-state index in [-0.39, 0.29) is 16.8 Å². The molecule has 0 aliphatic carbocycles. The highest BCUT2D eigenvalue weighted by atomic mass is 32.2. The van der Waals surface area contributed by atoms with Crippen molar-refractivity contribution in [2.24, 2.45) is 0 Å². The molecular weight excluding hydrogens is 352 g/mol. The molecule has 4 heteroatoms. The minimum Gasteiger partial charge on any atom is -0.308 e. The van der Waals surface area contributed by atoms with Gasteiger partial charge in [-0.05, 0) is 40.2 Å². The normalized spacial score (nSPS) is 17.4. The Morgan fingerprint density at radius 2 is 1.70 bits per heavy atom. The predicted octanol–water partition coefficient (Wildman–Crippen LogP) is 6.39. The van der Waals surface area contributed by atoms with Crippen LogP contribution in [0.2, 0.25) is 0 Å². The van der Waals surface area contributed by atoms with Gasteiger partial charge in [-0.25, -0.2) is 4.79 Å². The standard InChI is InChI=1S/C23H30N2OS/c1-16(2)17-8-12-20(13-9-17)24-22(26)25-14-15-27-21(25)18-6-10-19(11-7-18)23(3,4)5/h6-13,16,21H,14-15H2,1-5H3,(H,24,26)/t21-/m0/s1. The van der Waals surface area contributed by atoms with E-state index in [1.54, 1.807) is 0 Å². The van der Waals surface area contributed by atoms with Crippen molar-refractivity contribution >= 4 is 23.5 Å². The van der Waals surface area contributed by atoms with E-state index in [1.165, 1.54) is 16.7 Å². The molecule has 2 aromatic rings. The lowest BCUT2D eigenvalue weighted by molar-refractivity contribution is 0.214. The highest BCUT2D eigenvalue weighted by Crippen LogP contribution is 2.39. The number of amides is 2. The van der Waals surface area contributed by atoms with Crippen LogP contribution in [0.5, 0.6) is 0 Å². The van der Waals surface area contributed by atoms with Crippen LogP contribution in [0.4, 0.5) is 10.5 Å². The maximum Gasteiger partial charge on any atom is 0.323 e. The van der Waals surface area contributed by atoms with Gasteiger partial charge in [-0.3, -0.25) is 0 Å². The number of hydrogen-bond donors (Lipinski definition) is 1. The monoisotopic (exact) mass is 382 g/mol. The topological polar surface area (TPSA) is 32.3 Å². The molecule has 3 nitrogen and oxygen atoms in total. The summed E-state index contributed by atoms with van der Waals surface area (Å²) in [6.07, 6.45) is 0. The Kier molecular flexibility index (Phi) is 5.85. The van der Waals surface area contributed by atoms with Crippen molar-refractivity contribution in [1.29, 1.82) is 0 Å². The van der Waals surface area contributed by atoms with Crippen LogP contribution in [0.25, 0.3) is 0 Å². The zero-order valence-electron chi connectivity index (χ0n) is 17.0. The molecule has 1 atom stereocenters. The molecule has 1 aliphatic rings. The number of hydrogen-bond acceptors (Lipinski definition) is 2. The van der Waals surface area contributed by atoms with Gasteiger partial charge in [-0.1, -0.05) is 71.0 Å². The molecule has 0 bridgehead atoms. The van der Waals surface area contributed by atoms with E-state index in [0.29, 0.717) is 5.92 Å². The van der Waals surface area contributed by atoms with Crippen LogP contribution >= 0.6 is 11.8 Å². The van der Waals surface area contributed by atoms with Crippen molar-refractivity contribution in [3.05, 3.63) is 65.2 Å². The maximum absolute atomic E-state index is 12.8. The van der Waals surface area contributed by atoms with Crippen LogP contribution in [0.3, 0.4) is 0 Å². The van der Waals surface area contributed by atoms with Gasteiger partial charge < -0.3 is 10.2 Å². The van der Waals surface area contributed by atoms with Gasteiger partial charge in [-0.15, -0.1) is 11.8 Å². The van der Waals surface area contributed by atoms with Crippen LogP contribution in [0.15, 0.2) is 48.5 Å². The fourth-order valence-corrected chi connectivity index (χ4v) is 4.50. The fourth-order valence-electron chi connectivity index (χ4n) is 3.25. The Morgan fingerprint density at radius 3 is 2.26 bits per heavy atom. The summed E-state index contributed by atoms with van der Waals surface area (Å²) in [5.41, 5.74) is 4.77. The van der Waals surface area contributed by atoms with Crippen molar-refractivity contribution in [3.63, 3.8) is 0 Å². The number of urea groups is 1. The van der Waals surface area contributed by atoms with Gasteiger partial charge in [0, 0.05) is 18.0 Å². The van der Waals surface area contributed by atoms with Crippen molar-refractivity contribution in [2.45, 2.75) is 51.3 Å². The third-order valence-corrected chi connectivity index (χ3v) is 6.30. The SMILES string of the molecule is CC(C)c1ccc(NC(=O)N2CCS[C@H]2c2ccc(C(C)(C)C)cc2)cc1. The van der Waals surface area contributed by atoms with Gasteiger partial charge in [0.05, 0.1) is 0 Å². The van der Waals surface area contributed by atoms with Crippen molar-refractivity contribution in [2.75, 3.05) is 17.6 Å². The van der Waals surface area contributed by atoms with Gasteiger partial charge >= 0.3 is 6.03 Å². The number of nitrogens with zero attached hydrogens (tertiary/aromatic N) is 1. The number of thioether (sulfide) groups is 1. The molecule has 3 rings (SSSR count). The Labute approximate surface area is 167 Å². The Hall–Kier alpha value is -1.94. The Bertz CT molecular complexity index is 776. The Morgan fingerprint density at radius 1 is 1.07 bits per heavy atom. The molecule has 2 aromatic carbocycles. The third kappa shape index (κ3) is 4.67. The molecule has 0 spiro atoms. The van der Waals surface area contributed by atoms with Gasteiger partial charge in [0.15, 0.2) is 0 Å². The van der Waals surface area contributed by atoms with Crippen LogP contribution < -0.4 is 5.32 Å². The quantitative estimate of drug-likeness (QED) is 0.667. The van der Waals surface area contributed by atoms with Crippen LogP contribution in [-0.2, 0) is 5.41 Å². The summed E-state index contributed by atoms with van der Waals surface area (Å²) >= 11 is 1.83. The van der Waals surface area contributed by atoms with E-state index in [0.717, 1.165) is 18.0 Å². The predicted molar refractivity (Wildman–Crippen MR) is 117 cm³/mol. The number of carbonyl (C=O) groups is 1. The van der Waals surface area contributed by atoms with E-state index in [1.807, 2.05) is 28.8 Å². The van der Waals surface area contributed by atoms with Crippen molar-refractivity contribution in [1.82, 2.24) is 4.90 Å². The first-order valence-corrected chi connectivity index (χ1v) is 10.7. The molecule has 0 unspecified atom stereocenters. The molecule has 27 heavy (non-hydrogen) atoms. The third-order valence-electron chi connectivity index (χ3n) is 5.04. The van der Waals surface area contributed by atoms with Gasteiger partial charge in [-0.2, -0.15) is 0 Å². The molecule has 2 amide bonds. The highest BCUT2D eigenvalue weighted by molar-refractivity contribution is 7.99. The van der Waals surface area contributed by atoms with Crippen LogP contribution in [0, 0.1) is 0 Å². The lowest BCUT2D eigenvalue weighted by atomic mass is 9.87. The van der Waals surface area contributed by atoms with Gasteiger partial charge in [0.1, 0.15) is 5.37 Å². The second-order valence-corrected chi connectivity index (χ2v) is 9.68.